The van der Waals surface area contributed by atoms with Gasteiger partial charge in [-0.1, -0.05) is 0 Å². The zero-order valence-corrected chi connectivity index (χ0v) is 7.01. The number of H-pyrrole nitrogens is 1. The van der Waals surface area contributed by atoms with Gasteiger partial charge in [0.15, 0.2) is 4.77 Å². The van der Waals surface area contributed by atoms with Crippen LogP contribution in [-0.4, -0.2) is 28.2 Å². The second-order valence-corrected chi connectivity index (χ2v) is 2.33. The SMILES string of the molecule is COc1[nH]c(=S)ncc1C(=O)O. The average Bonchev–Trinajstić information content (AvgIpc) is 2.03. The first-order chi connectivity index (χ1) is 5.65. The number of aromatic amines is 1. The van der Waals surface area contributed by atoms with E-state index in [4.69, 9.17) is 9.84 Å². The molecule has 64 valence electrons. The Kier molecular flexibility index (Phi) is 2.39. The van der Waals surface area contributed by atoms with E-state index in [1.807, 2.05) is 0 Å². The molecule has 0 saturated heterocycles. The summed E-state index contributed by atoms with van der Waals surface area (Å²) in [5, 5.41) is 8.61. The second-order valence-electron chi connectivity index (χ2n) is 1.94. The zero-order chi connectivity index (χ0) is 9.14. The Labute approximate surface area is 73.0 Å². The van der Waals surface area contributed by atoms with Crippen LogP contribution in [0, 0.1) is 4.77 Å². The van der Waals surface area contributed by atoms with Crippen LogP contribution >= 0.6 is 12.2 Å². The van der Waals surface area contributed by atoms with E-state index < -0.39 is 5.97 Å². The summed E-state index contributed by atoms with van der Waals surface area (Å²) in [6.45, 7) is 0. The normalized spacial score (nSPS) is 9.42. The lowest BCUT2D eigenvalue weighted by atomic mass is 10.3. The standard InChI is InChI=1S/C6H6N2O3S/c1-11-4-3(5(9)10)2-7-6(12)8-4/h2H,1H3,(H,9,10)(H,7,8,12). The molecule has 5 nitrogen and oxygen atoms in total. The van der Waals surface area contributed by atoms with Crippen molar-refractivity contribution in [3.8, 4) is 5.88 Å². The van der Waals surface area contributed by atoms with Crippen molar-refractivity contribution in [2.75, 3.05) is 7.11 Å². The van der Waals surface area contributed by atoms with E-state index in [9.17, 15) is 4.79 Å². The number of methoxy groups -OCH3 is 1. The Morgan fingerprint density at radius 3 is 3.00 bits per heavy atom. The van der Waals surface area contributed by atoms with Gasteiger partial charge in [-0.25, -0.2) is 9.78 Å². The van der Waals surface area contributed by atoms with Crippen LogP contribution in [0.15, 0.2) is 6.20 Å². The molecular formula is C6H6N2O3S. The Morgan fingerprint density at radius 2 is 2.50 bits per heavy atom. The second kappa shape index (κ2) is 3.31. The third-order valence-corrected chi connectivity index (χ3v) is 1.42. The molecule has 0 aromatic carbocycles. The van der Waals surface area contributed by atoms with Crippen molar-refractivity contribution in [2.45, 2.75) is 0 Å². The number of hydrogen-bond acceptors (Lipinski definition) is 4. The molecule has 1 heterocycles. The van der Waals surface area contributed by atoms with E-state index in [0.29, 0.717) is 0 Å². The van der Waals surface area contributed by atoms with Crippen LogP contribution < -0.4 is 4.74 Å². The number of nitrogens with zero attached hydrogens (tertiary/aromatic N) is 1. The molecule has 0 unspecified atom stereocenters. The third-order valence-electron chi connectivity index (χ3n) is 1.21. The van der Waals surface area contributed by atoms with Crippen LogP contribution in [0.25, 0.3) is 0 Å². The van der Waals surface area contributed by atoms with Gasteiger partial charge < -0.3 is 14.8 Å². The molecule has 0 bridgehead atoms. The molecule has 0 atom stereocenters. The fourth-order valence-corrected chi connectivity index (χ4v) is 0.837. The predicted molar refractivity (Wildman–Crippen MR) is 42.9 cm³/mol. The van der Waals surface area contributed by atoms with Crippen molar-refractivity contribution in [1.29, 1.82) is 0 Å². The predicted octanol–water partition coefficient (Wildman–Crippen LogP) is 0.846. The first-order valence-corrected chi connectivity index (χ1v) is 3.42. The summed E-state index contributed by atoms with van der Waals surface area (Å²) in [7, 11) is 1.35. The highest BCUT2D eigenvalue weighted by Crippen LogP contribution is 2.11. The molecule has 1 aromatic rings. The lowest BCUT2D eigenvalue weighted by Gasteiger charge is -2.01. The van der Waals surface area contributed by atoms with Gasteiger partial charge in [0.25, 0.3) is 0 Å². The number of carbonyl (C=O) groups is 1. The summed E-state index contributed by atoms with van der Waals surface area (Å²) in [4.78, 5) is 16.6. The number of rotatable bonds is 2. The largest absolute Gasteiger partial charge is 0.482 e. The number of aromatic carboxylic acids is 1. The fraction of sp³-hybridized carbons (Fsp3) is 0.167. The van der Waals surface area contributed by atoms with Crippen molar-refractivity contribution < 1.29 is 14.6 Å². The van der Waals surface area contributed by atoms with Crippen LogP contribution in [0.2, 0.25) is 0 Å². The minimum absolute atomic E-state index is 0.0360. The lowest BCUT2D eigenvalue weighted by Crippen LogP contribution is -2.03. The highest BCUT2D eigenvalue weighted by atomic mass is 32.1. The molecule has 12 heavy (non-hydrogen) atoms. The Hall–Kier alpha value is -1.43. The molecule has 1 aromatic heterocycles. The van der Waals surface area contributed by atoms with Gasteiger partial charge in [0.05, 0.1) is 13.3 Å². The van der Waals surface area contributed by atoms with Crippen molar-refractivity contribution in [2.24, 2.45) is 0 Å². The first kappa shape index (κ1) is 8.66. The molecule has 0 saturated carbocycles. The summed E-state index contributed by atoms with van der Waals surface area (Å²) < 4.78 is 4.94. The Balaban J connectivity index is 3.29. The molecule has 6 heteroatoms. The number of carboxylic acid groups (broad SMARTS) is 1. The maximum atomic E-state index is 10.5. The Morgan fingerprint density at radius 1 is 1.83 bits per heavy atom. The van der Waals surface area contributed by atoms with Gasteiger partial charge in [-0.15, -0.1) is 0 Å². The summed E-state index contributed by atoms with van der Waals surface area (Å²) in [5.74, 6) is -0.992. The quantitative estimate of drug-likeness (QED) is 0.669. The fourth-order valence-electron chi connectivity index (χ4n) is 0.692. The maximum absolute atomic E-state index is 10.5. The molecule has 0 fully saturated rings. The van der Waals surface area contributed by atoms with Crippen LogP contribution in [0.3, 0.4) is 0 Å². The lowest BCUT2D eigenvalue weighted by molar-refractivity contribution is 0.0692. The molecule has 0 amide bonds. The molecular weight excluding hydrogens is 180 g/mol. The van der Waals surface area contributed by atoms with E-state index in [2.05, 4.69) is 22.2 Å². The van der Waals surface area contributed by atoms with Crippen molar-refractivity contribution in [1.82, 2.24) is 9.97 Å². The minimum atomic E-state index is -1.11. The molecule has 0 radical (unpaired) electrons. The number of aromatic nitrogens is 2. The third kappa shape index (κ3) is 1.59. The highest BCUT2D eigenvalue weighted by Gasteiger charge is 2.10. The van der Waals surface area contributed by atoms with E-state index >= 15 is 0 Å². The summed E-state index contributed by atoms with van der Waals surface area (Å²) in [5.41, 5.74) is -0.0360. The molecule has 1 rings (SSSR count). The van der Waals surface area contributed by atoms with E-state index in [1.165, 1.54) is 7.11 Å². The van der Waals surface area contributed by atoms with Crippen LogP contribution in [0.5, 0.6) is 5.88 Å². The smallest absolute Gasteiger partial charge is 0.342 e. The van der Waals surface area contributed by atoms with E-state index in [-0.39, 0.29) is 16.2 Å². The van der Waals surface area contributed by atoms with Crippen LogP contribution in [-0.2, 0) is 0 Å². The molecule has 0 aliphatic heterocycles. The molecule has 0 aliphatic carbocycles. The van der Waals surface area contributed by atoms with Gasteiger partial charge in [0.1, 0.15) is 5.56 Å². The van der Waals surface area contributed by atoms with Crippen LogP contribution in [0.4, 0.5) is 0 Å². The highest BCUT2D eigenvalue weighted by molar-refractivity contribution is 7.71. The van der Waals surface area contributed by atoms with Gasteiger partial charge in [-0.05, 0) is 12.2 Å². The Bertz CT molecular complexity index is 360. The number of carboxylic acids is 1. The molecule has 2 N–H and O–H groups in total. The van der Waals surface area contributed by atoms with Crippen molar-refractivity contribution in [3.63, 3.8) is 0 Å². The van der Waals surface area contributed by atoms with Gasteiger partial charge in [-0.3, -0.25) is 0 Å². The van der Waals surface area contributed by atoms with Crippen molar-refractivity contribution >= 4 is 18.2 Å². The maximum Gasteiger partial charge on any atom is 0.342 e. The van der Waals surface area contributed by atoms with Gasteiger partial charge in [0, 0.05) is 0 Å². The summed E-state index contributed by atoms with van der Waals surface area (Å²) in [6.07, 6.45) is 1.15. The van der Waals surface area contributed by atoms with E-state index in [0.717, 1.165) is 6.20 Å². The first-order valence-electron chi connectivity index (χ1n) is 3.01. The average molecular weight is 186 g/mol. The van der Waals surface area contributed by atoms with E-state index in [1.54, 1.807) is 0 Å². The molecule has 0 spiro atoms. The number of ether oxygens (including phenoxy) is 1. The molecule has 0 aliphatic rings. The minimum Gasteiger partial charge on any atom is -0.482 e. The number of hydrogen-bond donors (Lipinski definition) is 2. The van der Waals surface area contributed by atoms with Gasteiger partial charge in [0.2, 0.25) is 5.88 Å². The van der Waals surface area contributed by atoms with Crippen molar-refractivity contribution in [3.05, 3.63) is 16.5 Å². The van der Waals surface area contributed by atoms with Crippen LogP contribution in [0.1, 0.15) is 10.4 Å². The number of nitrogens with one attached hydrogen (secondary N) is 1. The summed E-state index contributed by atoms with van der Waals surface area (Å²) in [6, 6.07) is 0. The summed E-state index contributed by atoms with van der Waals surface area (Å²) >= 11 is 4.67. The van der Waals surface area contributed by atoms with Gasteiger partial charge in [-0.2, -0.15) is 0 Å². The monoisotopic (exact) mass is 186 g/mol. The van der Waals surface area contributed by atoms with Gasteiger partial charge >= 0.3 is 5.97 Å². The zero-order valence-electron chi connectivity index (χ0n) is 6.20. The topological polar surface area (TPSA) is 75.2 Å².